The Labute approximate surface area is 117 Å². The molecule has 0 amide bonds. The van der Waals surface area contributed by atoms with Crippen LogP contribution in [0.25, 0.3) is 0 Å². The number of benzene rings is 1. The van der Waals surface area contributed by atoms with Crippen LogP contribution in [0.5, 0.6) is 0 Å². The summed E-state index contributed by atoms with van der Waals surface area (Å²) in [6.07, 6.45) is 0.718. The second-order valence-electron chi connectivity index (χ2n) is 4.40. The van der Waals surface area contributed by atoms with E-state index in [-0.39, 0.29) is 10.6 Å². The largest absolute Gasteiger partial charge is 0.390 e. The van der Waals surface area contributed by atoms with E-state index in [1.165, 1.54) is 0 Å². The van der Waals surface area contributed by atoms with E-state index in [2.05, 4.69) is 14.9 Å². The van der Waals surface area contributed by atoms with Gasteiger partial charge in [0.2, 0.25) is 0 Å². The highest BCUT2D eigenvalue weighted by Crippen LogP contribution is 2.23. The molecular weight excluding hydrogens is 278 g/mol. The summed E-state index contributed by atoms with van der Waals surface area (Å²) in [6, 6.07) is 7.21. The fourth-order valence-corrected chi connectivity index (χ4v) is 3.52. The molecule has 0 saturated heterocycles. The Bertz CT molecular complexity index is 707. The summed E-state index contributed by atoms with van der Waals surface area (Å²) in [7, 11) is -3.78. The number of anilines is 1. The summed E-state index contributed by atoms with van der Waals surface area (Å²) in [4.78, 5) is 0.00547. The number of H-pyrrole nitrogens is 1. The first-order valence-corrected chi connectivity index (χ1v) is 7.73. The molecule has 7 heteroatoms. The number of para-hydroxylation sites is 1. The number of aromatic nitrogens is 2. The number of rotatable bonds is 5. The highest BCUT2D eigenvalue weighted by atomic mass is 32.2. The van der Waals surface area contributed by atoms with Gasteiger partial charge < -0.3 is 5.11 Å². The summed E-state index contributed by atoms with van der Waals surface area (Å²) in [6.45, 7) is 3.12. The van der Waals surface area contributed by atoms with E-state index >= 15 is 0 Å². The fraction of sp³-hybridized carbons (Fsp3) is 0.308. The Kier molecular flexibility index (Phi) is 4.10. The normalized spacial score (nSPS) is 11.6. The molecule has 2 aromatic rings. The third-order valence-corrected chi connectivity index (χ3v) is 4.59. The molecule has 1 aromatic heterocycles. The lowest BCUT2D eigenvalue weighted by molar-refractivity contribution is 0.273. The minimum Gasteiger partial charge on any atom is -0.390 e. The molecule has 1 heterocycles. The molecule has 0 aliphatic heterocycles. The number of aliphatic hydroxyl groups excluding tert-OH is 1. The van der Waals surface area contributed by atoms with Gasteiger partial charge in [0.15, 0.2) is 0 Å². The van der Waals surface area contributed by atoms with E-state index in [1.807, 2.05) is 19.1 Å². The number of aromatic amines is 1. The number of nitrogens with zero attached hydrogens (tertiary/aromatic N) is 1. The van der Waals surface area contributed by atoms with Crippen LogP contribution in [0.4, 0.5) is 5.69 Å². The van der Waals surface area contributed by atoms with E-state index in [4.69, 9.17) is 0 Å². The topological polar surface area (TPSA) is 95.1 Å². The van der Waals surface area contributed by atoms with Crippen LogP contribution in [0.1, 0.15) is 23.9 Å². The van der Waals surface area contributed by atoms with Gasteiger partial charge in [-0.15, -0.1) is 0 Å². The molecule has 0 spiro atoms. The van der Waals surface area contributed by atoms with Crippen LogP contribution in [0.3, 0.4) is 0 Å². The maximum atomic E-state index is 12.4. The summed E-state index contributed by atoms with van der Waals surface area (Å²) < 4.78 is 27.5. The Morgan fingerprint density at radius 2 is 2.05 bits per heavy atom. The molecule has 0 unspecified atom stereocenters. The van der Waals surface area contributed by atoms with E-state index in [1.54, 1.807) is 19.1 Å². The standard InChI is InChI=1S/C13H17N3O3S/c1-3-10-6-4-5-7-11(10)16-20(18,19)13-9(2)14-15-12(13)8-17/h4-7,16-17H,3,8H2,1-2H3,(H,14,15). The molecule has 0 aliphatic rings. The number of nitrogens with one attached hydrogen (secondary N) is 2. The number of hydrogen-bond donors (Lipinski definition) is 3. The first kappa shape index (κ1) is 14.5. The maximum absolute atomic E-state index is 12.4. The van der Waals surface area contributed by atoms with E-state index in [0.717, 1.165) is 12.0 Å². The SMILES string of the molecule is CCc1ccccc1NS(=O)(=O)c1c(CO)n[nH]c1C. The lowest BCUT2D eigenvalue weighted by Gasteiger charge is -2.11. The van der Waals surface area contributed by atoms with E-state index in [9.17, 15) is 13.5 Å². The minimum atomic E-state index is -3.78. The Hall–Kier alpha value is -1.86. The summed E-state index contributed by atoms with van der Waals surface area (Å²) in [5.41, 5.74) is 1.96. The average Bonchev–Trinajstić information content (AvgIpc) is 2.81. The van der Waals surface area contributed by atoms with Crippen LogP contribution in [-0.2, 0) is 23.1 Å². The number of aliphatic hydroxyl groups is 1. The Morgan fingerprint density at radius 1 is 1.35 bits per heavy atom. The smallest absolute Gasteiger partial charge is 0.265 e. The Balaban J connectivity index is 2.44. The van der Waals surface area contributed by atoms with Gasteiger partial charge in [-0.3, -0.25) is 9.82 Å². The predicted molar refractivity (Wildman–Crippen MR) is 75.9 cm³/mol. The van der Waals surface area contributed by atoms with Gasteiger partial charge in [0.1, 0.15) is 10.6 Å². The van der Waals surface area contributed by atoms with Crippen molar-refractivity contribution in [1.29, 1.82) is 0 Å². The molecule has 108 valence electrons. The first-order chi connectivity index (χ1) is 9.49. The fourth-order valence-electron chi connectivity index (χ4n) is 2.06. The van der Waals surface area contributed by atoms with Crippen molar-refractivity contribution >= 4 is 15.7 Å². The van der Waals surface area contributed by atoms with Gasteiger partial charge in [-0.05, 0) is 25.0 Å². The molecule has 1 aromatic carbocycles. The first-order valence-electron chi connectivity index (χ1n) is 6.25. The van der Waals surface area contributed by atoms with Crippen LogP contribution >= 0.6 is 0 Å². The molecule has 2 rings (SSSR count). The van der Waals surface area contributed by atoms with Crippen molar-refractivity contribution in [3.05, 3.63) is 41.2 Å². The van der Waals surface area contributed by atoms with Gasteiger partial charge in [0, 0.05) is 0 Å². The van der Waals surface area contributed by atoms with Crippen molar-refractivity contribution in [3.8, 4) is 0 Å². The van der Waals surface area contributed by atoms with Gasteiger partial charge in [0.05, 0.1) is 18.0 Å². The van der Waals surface area contributed by atoms with Crippen molar-refractivity contribution in [2.45, 2.75) is 31.8 Å². The number of hydrogen-bond acceptors (Lipinski definition) is 4. The number of sulfonamides is 1. The monoisotopic (exact) mass is 295 g/mol. The van der Waals surface area contributed by atoms with Crippen LogP contribution in [0, 0.1) is 6.92 Å². The average molecular weight is 295 g/mol. The highest BCUT2D eigenvalue weighted by Gasteiger charge is 2.24. The van der Waals surface area contributed by atoms with Gasteiger partial charge in [-0.25, -0.2) is 8.42 Å². The van der Waals surface area contributed by atoms with Crippen molar-refractivity contribution in [1.82, 2.24) is 10.2 Å². The quantitative estimate of drug-likeness (QED) is 0.780. The second kappa shape index (κ2) is 5.64. The van der Waals surface area contributed by atoms with Crippen LogP contribution in [0.15, 0.2) is 29.2 Å². The third kappa shape index (κ3) is 2.68. The van der Waals surface area contributed by atoms with Gasteiger partial charge in [-0.1, -0.05) is 25.1 Å². The zero-order valence-electron chi connectivity index (χ0n) is 11.3. The molecule has 0 atom stereocenters. The Morgan fingerprint density at radius 3 is 2.70 bits per heavy atom. The molecule has 20 heavy (non-hydrogen) atoms. The third-order valence-electron chi connectivity index (χ3n) is 3.02. The van der Waals surface area contributed by atoms with Gasteiger partial charge in [-0.2, -0.15) is 5.10 Å². The van der Waals surface area contributed by atoms with Crippen LogP contribution in [0.2, 0.25) is 0 Å². The molecule has 6 nitrogen and oxygen atoms in total. The van der Waals surface area contributed by atoms with Crippen LogP contribution in [-0.4, -0.2) is 23.7 Å². The van der Waals surface area contributed by atoms with Crippen molar-refractivity contribution < 1.29 is 13.5 Å². The lowest BCUT2D eigenvalue weighted by atomic mass is 10.1. The summed E-state index contributed by atoms with van der Waals surface area (Å²) >= 11 is 0. The van der Waals surface area contributed by atoms with Gasteiger partial charge in [0.25, 0.3) is 10.0 Å². The molecule has 0 aliphatic carbocycles. The van der Waals surface area contributed by atoms with Gasteiger partial charge >= 0.3 is 0 Å². The summed E-state index contributed by atoms with van der Waals surface area (Å²) in [5, 5.41) is 15.6. The molecule has 0 saturated carbocycles. The van der Waals surface area contributed by atoms with E-state index in [0.29, 0.717) is 11.4 Å². The molecule has 0 bridgehead atoms. The van der Waals surface area contributed by atoms with Crippen molar-refractivity contribution in [3.63, 3.8) is 0 Å². The molecule has 0 fully saturated rings. The maximum Gasteiger partial charge on any atom is 0.265 e. The van der Waals surface area contributed by atoms with Crippen molar-refractivity contribution in [2.24, 2.45) is 0 Å². The number of aryl methyl sites for hydroxylation is 2. The molecule has 3 N–H and O–H groups in total. The summed E-state index contributed by atoms with van der Waals surface area (Å²) in [5.74, 6) is 0. The zero-order valence-corrected chi connectivity index (χ0v) is 12.2. The van der Waals surface area contributed by atoms with E-state index < -0.39 is 16.6 Å². The minimum absolute atomic E-state index is 0.00547. The second-order valence-corrected chi connectivity index (χ2v) is 6.02. The highest BCUT2D eigenvalue weighted by molar-refractivity contribution is 7.92. The van der Waals surface area contributed by atoms with Crippen molar-refractivity contribution in [2.75, 3.05) is 4.72 Å². The van der Waals surface area contributed by atoms with Crippen LogP contribution < -0.4 is 4.72 Å². The zero-order chi connectivity index (χ0) is 14.8. The lowest BCUT2D eigenvalue weighted by Crippen LogP contribution is -2.16. The molecule has 0 radical (unpaired) electrons. The molecular formula is C13H17N3O3S. The predicted octanol–water partition coefficient (Wildman–Crippen LogP) is 1.57.